The van der Waals surface area contributed by atoms with Crippen LogP contribution in [0.4, 0.5) is 10.4 Å². The smallest absolute Gasteiger partial charge is 0.414 e. The van der Waals surface area contributed by atoms with Gasteiger partial charge in [0, 0.05) is 44.2 Å². The van der Waals surface area contributed by atoms with Crippen molar-refractivity contribution in [1.82, 2.24) is 15.0 Å². The van der Waals surface area contributed by atoms with Crippen molar-refractivity contribution in [1.29, 1.82) is 0 Å². The lowest BCUT2D eigenvalue weighted by atomic mass is 10.2. The lowest BCUT2D eigenvalue weighted by Gasteiger charge is -2.37. The van der Waals surface area contributed by atoms with Gasteiger partial charge in [-0.2, -0.15) is 4.98 Å². The second-order valence-corrected chi connectivity index (χ2v) is 8.57. The highest BCUT2D eigenvalue weighted by Crippen LogP contribution is 2.20. The van der Waals surface area contributed by atoms with E-state index in [0.717, 1.165) is 38.4 Å². The first-order valence-electron chi connectivity index (χ1n) is 11.9. The highest BCUT2D eigenvalue weighted by molar-refractivity contribution is 6.27. The van der Waals surface area contributed by atoms with Crippen LogP contribution in [0.25, 0.3) is 0 Å². The van der Waals surface area contributed by atoms with E-state index in [2.05, 4.69) is 26.9 Å². The van der Waals surface area contributed by atoms with Gasteiger partial charge >= 0.3 is 23.9 Å². The van der Waals surface area contributed by atoms with Gasteiger partial charge in [0.1, 0.15) is 11.6 Å². The first-order chi connectivity index (χ1) is 17.5. The lowest BCUT2D eigenvalue weighted by Crippen LogP contribution is -2.50. The number of aliphatic carboxylic acids is 2. The summed E-state index contributed by atoms with van der Waals surface area (Å²) in [7, 11) is 0. The van der Waals surface area contributed by atoms with E-state index in [9.17, 15) is 9.18 Å². The monoisotopic (exact) mass is 524 g/mol. The van der Waals surface area contributed by atoms with E-state index in [1.165, 1.54) is 12.1 Å². The summed E-state index contributed by atoms with van der Waals surface area (Å²) in [6, 6.07) is 5.13. The summed E-state index contributed by atoms with van der Waals surface area (Å²) in [5.74, 6) is -3.57. The van der Waals surface area contributed by atoms with Crippen LogP contribution < -0.4 is 9.64 Å². The summed E-state index contributed by atoms with van der Waals surface area (Å²) < 4.78 is 30.0. The van der Waals surface area contributed by atoms with Crippen molar-refractivity contribution >= 4 is 23.9 Å². The number of hydrogen-bond donors (Lipinski definition) is 2. The average Bonchev–Trinajstić information content (AvgIpc) is 3.35. The highest BCUT2D eigenvalue weighted by Gasteiger charge is 2.24. The predicted molar refractivity (Wildman–Crippen MR) is 129 cm³/mol. The second-order valence-electron chi connectivity index (χ2n) is 8.57. The average molecular weight is 525 g/mol. The zero-order chi connectivity index (χ0) is 27.5. The van der Waals surface area contributed by atoms with Gasteiger partial charge in [-0.3, -0.25) is 4.90 Å². The summed E-state index contributed by atoms with van der Waals surface area (Å²) in [6.07, 6.45) is 0.805. The van der Waals surface area contributed by atoms with Gasteiger partial charge in [-0.05, 0) is 32.4 Å². The quantitative estimate of drug-likeness (QED) is 0.366. The Bertz CT molecular complexity index is 1040. The SMILES string of the molecule is CCOC(=O)c1ccc(OCCC(C)N2CCN(c3nc(C(C)C)no3)CC2)cc1F.O=C(O)C(=O)O. The molecule has 1 saturated heterocycles. The van der Waals surface area contributed by atoms with Gasteiger partial charge in [0.05, 0.1) is 18.8 Å². The minimum absolute atomic E-state index is 0.0813. The number of carbonyl (C=O) groups excluding carboxylic acids is 1. The Morgan fingerprint density at radius 2 is 1.76 bits per heavy atom. The molecule has 1 unspecified atom stereocenters. The summed E-state index contributed by atoms with van der Waals surface area (Å²) >= 11 is 0. The Hall–Kier alpha value is -3.74. The van der Waals surface area contributed by atoms with Gasteiger partial charge < -0.3 is 29.1 Å². The normalized spacial score (nSPS) is 14.5. The van der Waals surface area contributed by atoms with Gasteiger partial charge in [-0.1, -0.05) is 19.0 Å². The van der Waals surface area contributed by atoms with Gasteiger partial charge in [0.2, 0.25) is 0 Å². The first-order valence-corrected chi connectivity index (χ1v) is 11.9. The van der Waals surface area contributed by atoms with E-state index in [4.69, 9.17) is 33.8 Å². The Kier molecular flexibility index (Phi) is 11.2. The minimum Gasteiger partial charge on any atom is -0.493 e. The maximum absolute atomic E-state index is 14.1. The Balaban J connectivity index is 0.000000717. The molecule has 0 saturated carbocycles. The molecule has 0 bridgehead atoms. The first kappa shape index (κ1) is 29.5. The van der Waals surface area contributed by atoms with Crippen LogP contribution in [0.3, 0.4) is 0 Å². The number of anilines is 1. The van der Waals surface area contributed by atoms with E-state index in [1.807, 2.05) is 13.8 Å². The zero-order valence-electron chi connectivity index (χ0n) is 21.3. The fraction of sp³-hybridized carbons (Fsp3) is 0.542. The van der Waals surface area contributed by atoms with Gasteiger partial charge in [0.15, 0.2) is 5.82 Å². The second kappa shape index (κ2) is 14.1. The zero-order valence-corrected chi connectivity index (χ0v) is 21.3. The van der Waals surface area contributed by atoms with E-state index in [-0.39, 0.29) is 18.1 Å². The highest BCUT2D eigenvalue weighted by atomic mass is 19.1. The van der Waals surface area contributed by atoms with Crippen molar-refractivity contribution in [3.63, 3.8) is 0 Å². The Morgan fingerprint density at radius 1 is 1.11 bits per heavy atom. The topological polar surface area (TPSA) is 156 Å². The number of benzene rings is 1. The van der Waals surface area contributed by atoms with E-state index in [0.29, 0.717) is 24.4 Å². The summed E-state index contributed by atoms with van der Waals surface area (Å²) in [4.78, 5) is 38.9. The number of halogens is 1. The van der Waals surface area contributed by atoms with Gasteiger partial charge in [0.25, 0.3) is 0 Å². The molecule has 0 aliphatic carbocycles. The number of ether oxygens (including phenoxy) is 2. The molecule has 1 aromatic heterocycles. The summed E-state index contributed by atoms with van der Waals surface area (Å²) in [5.41, 5.74) is -0.0813. The standard InChI is InChI=1S/C22H31FN4O4.C2H2O4/c1-5-29-21(28)18-7-6-17(14-19(18)23)30-13-8-16(4)26-9-11-27(12-10-26)22-24-20(15(2)3)25-31-22;3-1(4)2(5)6/h6-7,14-16H,5,8-13H2,1-4H3;(H,3,4)(H,5,6). The van der Waals surface area contributed by atoms with Crippen LogP contribution in [0.15, 0.2) is 22.7 Å². The van der Waals surface area contributed by atoms with Crippen molar-refractivity contribution in [2.75, 3.05) is 44.3 Å². The molecule has 1 aliphatic heterocycles. The van der Waals surface area contributed by atoms with Crippen molar-refractivity contribution in [2.24, 2.45) is 0 Å². The number of rotatable bonds is 9. The van der Waals surface area contributed by atoms with Crippen molar-refractivity contribution in [3.05, 3.63) is 35.4 Å². The number of nitrogens with zero attached hydrogens (tertiary/aromatic N) is 4. The molecule has 204 valence electrons. The Labute approximate surface area is 213 Å². The molecule has 3 rings (SSSR count). The maximum Gasteiger partial charge on any atom is 0.414 e. The maximum atomic E-state index is 14.1. The minimum atomic E-state index is -1.82. The molecule has 12 nitrogen and oxygen atoms in total. The third-order valence-electron chi connectivity index (χ3n) is 5.58. The third kappa shape index (κ3) is 9.01. The molecule has 1 aliphatic rings. The third-order valence-corrected chi connectivity index (χ3v) is 5.58. The molecular weight excluding hydrogens is 491 g/mol. The van der Waals surface area contributed by atoms with Gasteiger partial charge in [-0.25, -0.2) is 18.8 Å². The van der Waals surface area contributed by atoms with E-state index >= 15 is 0 Å². The van der Waals surface area contributed by atoms with Crippen LogP contribution in [-0.4, -0.2) is 88.6 Å². The van der Waals surface area contributed by atoms with Crippen LogP contribution in [-0.2, 0) is 14.3 Å². The van der Waals surface area contributed by atoms with E-state index < -0.39 is 23.7 Å². The van der Waals surface area contributed by atoms with Gasteiger partial charge in [-0.15, -0.1) is 0 Å². The van der Waals surface area contributed by atoms with Crippen LogP contribution in [0.5, 0.6) is 5.75 Å². The molecule has 2 heterocycles. The number of hydrogen-bond acceptors (Lipinski definition) is 10. The fourth-order valence-corrected chi connectivity index (χ4v) is 3.43. The van der Waals surface area contributed by atoms with Crippen molar-refractivity contribution < 1.29 is 43.0 Å². The number of carbonyl (C=O) groups is 3. The molecule has 2 N–H and O–H groups in total. The van der Waals surface area contributed by atoms with Crippen molar-refractivity contribution in [3.8, 4) is 5.75 Å². The van der Waals surface area contributed by atoms with E-state index in [1.54, 1.807) is 13.0 Å². The van der Waals surface area contributed by atoms with Crippen LogP contribution in [0.2, 0.25) is 0 Å². The molecule has 0 spiro atoms. The summed E-state index contributed by atoms with van der Waals surface area (Å²) in [5, 5.41) is 18.8. The molecule has 1 atom stereocenters. The predicted octanol–water partition coefficient (Wildman–Crippen LogP) is 2.64. The molecule has 13 heteroatoms. The molecule has 1 fully saturated rings. The number of aromatic nitrogens is 2. The summed E-state index contributed by atoms with van der Waals surface area (Å²) in [6.45, 7) is 12.0. The molecule has 1 aromatic carbocycles. The number of esters is 1. The molecule has 0 amide bonds. The largest absolute Gasteiger partial charge is 0.493 e. The fourth-order valence-electron chi connectivity index (χ4n) is 3.43. The molecular formula is C24H33FN4O8. The lowest BCUT2D eigenvalue weighted by molar-refractivity contribution is -0.159. The van der Waals surface area contributed by atoms with Crippen LogP contribution in [0, 0.1) is 5.82 Å². The number of piperazine rings is 1. The molecule has 0 radical (unpaired) electrons. The number of carboxylic acid groups (broad SMARTS) is 2. The number of carboxylic acids is 2. The van der Waals surface area contributed by atoms with Crippen LogP contribution >= 0.6 is 0 Å². The molecule has 37 heavy (non-hydrogen) atoms. The Morgan fingerprint density at radius 3 is 2.27 bits per heavy atom. The molecule has 2 aromatic rings. The van der Waals surface area contributed by atoms with Crippen LogP contribution in [0.1, 0.15) is 56.2 Å². The van der Waals surface area contributed by atoms with Crippen molar-refractivity contribution in [2.45, 2.75) is 46.1 Å².